The molecule has 0 unspecified atom stereocenters. The number of aromatic nitrogens is 1. The zero-order chi connectivity index (χ0) is 13.0. The Labute approximate surface area is 105 Å². The molecule has 0 fully saturated rings. The van der Waals surface area contributed by atoms with Crippen LogP contribution in [0.1, 0.15) is 16.1 Å². The first-order valence-corrected chi connectivity index (χ1v) is 5.50. The van der Waals surface area contributed by atoms with Gasteiger partial charge in [0.15, 0.2) is 0 Å². The van der Waals surface area contributed by atoms with Gasteiger partial charge >= 0.3 is 0 Å². The lowest BCUT2D eigenvalue weighted by atomic mass is 10.1. The first kappa shape index (κ1) is 11.9. The van der Waals surface area contributed by atoms with Crippen molar-refractivity contribution in [2.75, 3.05) is 11.1 Å². The van der Waals surface area contributed by atoms with Crippen molar-refractivity contribution in [2.24, 2.45) is 5.73 Å². The van der Waals surface area contributed by atoms with Crippen molar-refractivity contribution in [3.63, 3.8) is 0 Å². The minimum absolute atomic E-state index is 0.399. The topological polar surface area (TPSA) is 94.0 Å². The van der Waals surface area contributed by atoms with Gasteiger partial charge in [-0.05, 0) is 30.3 Å². The average Bonchev–Trinajstić information content (AvgIpc) is 2.38. The number of hydrogen-bond acceptors (Lipinski definition) is 4. The Morgan fingerprint density at radius 3 is 2.72 bits per heavy atom. The minimum atomic E-state index is -0.488. The summed E-state index contributed by atoms with van der Waals surface area (Å²) in [4.78, 5) is 15.2. The molecule has 5 heteroatoms. The van der Waals surface area contributed by atoms with Gasteiger partial charge < -0.3 is 16.8 Å². The predicted octanol–water partition coefficient (Wildman–Crippen LogP) is 1.37. The summed E-state index contributed by atoms with van der Waals surface area (Å²) in [5.74, 6) is -0.488. The van der Waals surface area contributed by atoms with Gasteiger partial charge in [-0.1, -0.05) is 6.07 Å². The summed E-state index contributed by atoms with van der Waals surface area (Å²) in [6.07, 6.45) is 1.73. The number of benzene rings is 1. The number of hydrogen-bond donors (Lipinski definition) is 3. The summed E-state index contributed by atoms with van der Waals surface area (Å²) in [5, 5.41) is 3.16. The third-order valence-electron chi connectivity index (χ3n) is 2.52. The van der Waals surface area contributed by atoms with E-state index in [0.29, 0.717) is 17.8 Å². The Hall–Kier alpha value is -2.56. The lowest BCUT2D eigenvalue weighted by Gasteiger charge is -2.09. The van der Waals surface area contributed by atoms with Crippen LogP contribution >= 0.6 is 0 Å². The molecule has 1 aromatic heterocycles. The average molecular weight is 242 g/mol. The molecule has 92 valence electrons. The number of nitrogen functional groups attached to an aromatic ring is 1. The molecule has 0 aliphatic rings. The molecule has 1 heterocycles. The monoisotopic (exact) mass is 242 g/mol. The smallest absolute Gasteiger partial charge is 0.248 e. The molecule has 0 aliphatic carbocycles. The lowest BCUT2D eigenvalue weighted by Crippen LogP contribution is -2.12. The fraction of sp³-hybridized carbons (Fsp3) is 0.0769. The predicted molar refractivity (Wildman–Crippen MR) is 70.9 cm³/mol. The molecule has 0 atom stereocenters. The molecule has 0 spiro atoms. The molecule has 5 N–H and O–H groups in total. The number of carbonyl (C=O) groups excluding carboxylic acids is 1. The fourth-order valence-corrected chi connectivity index (χ4v) is 1.57. The molecule has 5 nitrogen and oxygen atoms in total. The van der Waals surface area contributed by atoms with Crippen molar-refractivity contribution in [3.05, 3.63) is 53.9 Å². The number of nitrogens with zero attached hydrogens (tertiary/aromatic N) is 1. The van der Waals surface area contributed by atoms with Crippen LogP contribution in [0.25, 0.3) is 0 Å². The second-order valence-electron chi connectivity index (χ2n) is 3.84. The van der Waals surface area contributed by atoms with E-state index >= 15 is 0 Å². The first-order chi connectivity index (χ1) is 8.66. The van der Waals surface area contributed by atoms with Crippen LogP contribution < -0.4 is 16.8 Å². The molecule has 1 aromatic carbocycles. The summed E-state index contributed by atoms with van der Waals surface area (Å²) in [6.45, 7) is 0.570. The quantitative estimate of drug-likeness (QED) is 0.706. The lowest BCUT2D eigenvalue weighted by molar-refractivity contribution is 0.100. The molecule has 2 aromatic rings. The summed E-state index contributed by atoms with van der Waals surface area (Å²) < 4.78 is 0. The van der Waals surface area contributed by atoms with Gasteiger partial charge in [0.1, 0.15) is 0 Å². The van der Waals surface area contributed by atoms with E-state index in [2.05, 4.69) is 10.3 Å². The molecular formula is C13H14N4O. The van der Waals surface area contributed by atoms with Crippen molar-refractivity contribution in [1.29, 1.82) is 0 Å². The Morgan fingerprint density at radius 2 is 2.11 bits per heavy atom. The molecule has 2 rings (SSSR count). The molecule has 0 saturated heterocycles. The number of amides is 1. The maximum absolute atomic E-state index is 11.0. The van der Waals surface area contributed by atoms with Gasteiger partial charge in [-0.15, -0.1) is 0 Å². The van der Waals surface area contributed by atoms with Crippen LogP contribution in [0.2, 0.25) is 0 Å². The van der Waals surface area contributed by atoms with Crippen LogP contribution in [-0.4, -0.2) is 10.9 Å². The van der Waals surface area contributed by atoms with Gasteiger partial charge in [-0.3, -0.25) is 9.78 Å². The number of nitrogens with two attached hydrogens (primary N) is 2. The number of anilines is 2. The SMILES string of the molecule is NC(=O)c1ccc(NCc2ccccn2)c(N)c1. The van der Waals surface area contributed by atoms with Crippen molar-refractivity contribution >= 4 is 17.3 Å². The van der Waals surface area contributed by atoms with Gasteiger partial charge in [0, 0.05) is 11.8 Å². The summed E-state index contributed by atoms with van der Waals surface area (Å²) in [7, 11) is 0. The number of carbonyl (C=O) groups is 1. The van der Waals surface area contributed by atoms with E-state index in [1.54, 1.807) is 24.4 Å². The second kappa shape index (κ2) is 5.18. The zero-order valence-electron chi connectivity index (χ0n) is 9.76. The zero-order valence-corrected chi connectivity index (χ0v) is 9.76. The Balaban J connectivity index is 2.08. The van der Waals surface area contributed by atoms with Gasteiger partial charge in [-0.2, -0.15) is 0 Å². The van der Waals surface area contributed by atoms with Crippen LogP contribution in [-0.2, 0) is 6.54 Å². The number of rotatable bonds is 4. The van der Waals surface area contributed by atoms with E-state index in [0.717, 1.165) is 11.4 Å². The molecule has 1 amide bonds. The van der Waals surface area contributed by atoms with Gasteiger partial charge in [0.2, 0.25) is 5.91 Å². The van der Waals surface area contributed by atoms with Crippen molar-refractivity contribution in [2.45, 2.75) is 6.54 Å². The van der Waals surface area contributed by atoms with Crippen LogP contribution in [0.5, 0.6) is 0 Å². The second-order valence-corrected chi connectivity index (χ2v) is 3.84. The van der Waals surface area contributed by atoms with Gasteiger partial charge in [0.05, 0.1) is 23.6 Å². The van der Waals surface area contributed by atoms with Gasteiger partial charge in [-0.25, -0.2) is 0 Å². The van der Waals surface area contributed by atoms with E-state index in [-0.39, 0.29) is 0 Å². The maximum Gasteiger partial charge on any atom is 0.248 e. The van der Waals surface area contributed by atoms with Gasteiger partial charge in [0.25, 0.3) is 0 Å². The highest BCUT2D eigenvalue weighted by atomic mass is 16.1. The third-order valence-corrected chi connectivity index (χ3v) is 2.52. The highest BCUT2D eigenvalue weighted by molar-refractivity contribution is 5.94. The van der Waals surface area contributed by atoms with Crippen LogP contribution in [0.15, 0.2) is 42.6 Å². The molecular weight excluding hydrogens is 228 g/mol. The molecule has 0 saturated carbocycles. The molecule has 0 radical (unpaired) electrons. The van der Waals surface area contributed by atoms with Crippen molar-refractivity contribution in [3.8, 4) is 0 Å². The summed E-state index contributed by atoms with van der Waals surface area (Å²) in [5.41, 5.74) is 13.6. The fourth-order valence-electron chi connectivity index (χ4n) is 1.57. The summed E-state index contributed by atoms with van der Waals surface area (Å²) in [6, 6.07) is 10.6. The van der Waals surface area contributed by atoms with Crippen molar-refractivity contribution < 1.29 is 4.79 Å². The standard InChI is InChI=1S/C13H14N4O/c14-11-7-9(13(15)18)4-5-12(11)17-8-10-3-1-2-6-16-10/h1-7,17H,8,14H2,(H2,15,18). The van der Waals surface area contributed by atoms with E-state index in [1.807, 2.05) is 18.2 Å². The van der Waals surface area contributed by atoms with E-state index in [9.17, 15) is 4.79 Å². The Morgan fingerprint density at radius 1 is 1.28 bits per heavy atom. The largest absolute Gasteiger partial charge is 0.397 e. The minimum Gasteiger partial charge on any atom is -0.397 e. The van der Waals surface area contributed by atoms with Crippen LogP contribution in [0.4, 0.5) is 11.4 Å². The first-order valence-electron chi connectivity index (χ1n) is 5.50. The maximum atomic E-state index is 11.0. The molecule has 18 heavy (non-hydrogen) atoms. The van der Waals surface area contributed by atoms with E-state index < -0.39 is 5.91 Å². The van der Waals surface area contributed by atoms with Crippen LogP contribution in [0, 0.1) is 0 Å². The van der Waals surface area contributed by atoms with E-state index in [4.69, 9.17) is 11.5 Å². The highest BCUT2D eigenvalue weighted by Crippen LogP contribution is 2.20. The van der Waals surface area contributed by atoms with Crippen LogP contribution in [0.3, 0.4) is 0 Å². The number of pyridine rings is 1. The third kappa shape index (κ3) is 2.76. The summed E-state index contributed by atoms with van der Waals surface area (Å²) >= 11 is 0. The van der Waals surface area contributed by atoms with Crippen molar-refractivity contribution in [1.82, 2.24) is 4.98 Å². The number of nitrogens with one attached hydrogen (secondary N) is 1. The number of primary amides is 1. The van der Waals surface area contributed by atoms with E-state index in [1.165, 1.54) is 0 Å². The Bertz CT molecular complexity index is 554. The Kier molecular flexibility index (Phi) is 3.43. The molecule has 0 bridgehead atoms. The highest BCUT2D eigenvalue weighted by Gasteiger charge is 2.04. The normalized spacial score (nSPS) is 10.0. The molecule has 0 aliphatic heterocycles.